The number of anilines is 1. The largest absolute Gasteiger partial charge is 0.407 e. The van der Waals surface area contributed by atoms with E-state index in [9.17, 15) is 0 Å². The summed E-state index contributed by atoms with van der Waals surface area (Å²) in [5, 5.41) is 7.62. The number of hydrogen-bond acceptors (Lipinski definition) is 6. The van der Waals surface area contributed by atoms with Crippen molar-refractivity contribution >= 4 is 6.01 Å². The molecule has 2 N–H and O–H groups in total. The van der Waals surface area contributed by atoms with Crippen LogP contribution in [0.15, 0.2) is 4.42 Å². The third-order valence-electron chi connectivity index (χ3n) is 2.08. The lowest BCUT2D eigenvalue weighted by atomic mass is 10.2. The van der Waals surface area contributed by atoms with Gasteiger partial charge in [-0.15, -0.1) is 5.10 Å². The zero-order valence-electron chi connectivity index (χ0n) is 7.43. The molecule has 0 atom stereocenters. The van der Waals surface area contributed by atoms with Gasteiger partial charge in [0, 0.05) is 7.11 Å². The average Bonchev–Trinajstić information content (AvgIpc) is 2.51. The second kappa shape index (κ2) is 3.31. The van der Waals surface area contributed by atoms with Gasteiger partial charge in [0.25, 0.3) is 0 Å². The van der Waals surface area contributed by atoms with Crippen molar-refractivity contribution in [2.45, 2.75) is 12.6 Å². The van der Waals surface area contributed by atoms with Crippen molar-refractivity contribution in [1.29, 1.82) is 0 Å². The van der Waals surface area contributed by atoms with Crippen LogP contribution in [0.25, 0.3) is 0 Å². The fraction of sp³-hybridized carbons (Fsp3) is 0.714. The Morgan fingerprint density at radius 3 is 2.92 bits per heavy atom. The Morgan fingerprint density at radius 1 is 1.62 bits per heavy atom. The lowest BCUT2D eigenvalue weighted by Crippen LogP contribution is -2.52. The van der Waals surface area contributed by atoms with Crippen molar-refractivity contribution in [3.05, 3.63) is 5.89 Å². The molecule has 72 valence electrons. The molecule has 0 spiro atoms. The standard InChI is InChI=1S/C7H12N4O2/c1-12-5-3-11(4-5)7-10-9-6(2-8)13-7/h5H,2-4,8H2,1H3. The summed E-state index contributed by atoms with van der Waals surface area (Å²) in [6.45, 7) is 1.90. The Balaban J connectivity index is 1.95. The van der Waals surface area contributed by atoms with Crippen molar-refractivity contribution in [1.82, 2.24) is 10.2 Å². The minimum Gasteiger partial charge on any atom is -0.407 e. The Bertz CT molecular complexity index is 282. The molecule has 1 aliphatic rings. The van der Waals surface area contributed by atoms with Gasteiger partial charge in [-0.05, 0) is 0 Å². The molecule has 1 fully saturated rings. The van der Waals surface area contributed by atoms with Crippen LogP contribution in [-0.2, 0) is 11.3 Å². The molecule has 0 aliphatic carbocycles. The Hall–Kier alpha value is -1.14. The predicted molar refractivity (Wildman–Crippen MR) is 45.2 cm³/mol. The maximum Gasteiger partial charge on any atom is 0.318 e. The third-order valence-corrected chi connectivity index (χ3v) is 2.08. The van der Waals surface area contributed by atoms with Crippen molar-refractivity contribution < 1.29 is 9.15 Å². The SMILES string of the molecule is COC1CN(c2nnc(CN)o2)C1. The number of rotatable bonds is 3. The molecule has 1 saturated heterocycles. The topological polar surface area (TPSA) is 77.4 Å². The summed E-state index contributed by atoms with van der Waals surface area (Å²) in [7, 11) is 1.70. The van der Waals surface area contributed by atoms with E-state index in [2.05, 4.69) is 10.2 Å². The highest BCUT2D eigenvalue weighted by Crippen LogP contribution is 2.19. The van der Waals surface area contributed by atoms with E-state index in [-0.39, 0.29) is 12.6 Å². The van der Waals surface area contributed by atoms with Crippen LogP contribution in [0.2, 0.25) is 0 Å². The molecule has 1 aliphatic heterocycles. The average molecular weight is 184 g/mol. The highest BCUT2D eigenvalue weighted by Gasteiger charge is 2.30. The van der Waals surface area contributed by atoms with Crippen LogP contribution in [0.1, 0.15) is 5.89 Å². The molecule has 0 saturated carbocycles. The van der Waals surface area contributed by atoms with Gasteiger partial charge in [0.15, 0.2) is 0 Å². The molecule has 6 heteroatoms. The number of aromatic nitrogens is 2. The van der Waals surface area contributed by atoms with Crippen LogP contribution >= 0.6 is 0 Å². The Morgan fingerprint density at radius 2 is 2.38 bits per heavy atom. The van der Waals surface area contributed by atoms with E-state index in [1.807, 2.05) is 4.90 Å². The van der Waals surface area contributed by atoms with E-state index in [1.165, 1.54) is 0 Å². The van der Waals surface area contributed by atoms with Crippen LogP contribution in [0.3, 0.4) is 0 Å². The van der Waals surface area contributed by atoms with Gasteiger partial charge in [-0.3, -0.25) is 0 Å². The molecule has 6 nitrogen and oxygen atoms in total. The first-order valence-corrected chi connectivity index (χ1v) is 4.13. The maximum absolute atomic E-state index is 5.34. The van der Waals surface area contributed by atoms with Crippen LogP contribution in [-0.4, -0.2) is 36.5 Å². The summed E-state index contributed by atoms with van der Waals surface area (Å²) in [4.78, 5) is 1.96. The summed E-state index contributed by atoms with van der Waals surface area (Å²) >= 11 is 0. The molecule has 2 rings (SSSR count). The van der Waals surface area contributed by atoms with Gasteiger partial charge in [-0.1, -0.05) is 5.10 Å². The number of nitrogens with two attached hydrogens (primary N) is 1. The summed E-state index contributed by atoms with van der Waals surface area (Å²) < 4.78 is 10.4. The molecule has 0 aromatic carbocycles. The quantitative estimate of drug-likeness (QED) is 0.673. The van der Waals surface area contributed by atoms with Gasteiger partial charge in [0.05, 0.1) is 25.7 Å². The van der Waals surface area contributed by atoms with E-state index in [4.69, 9.17) is 14.9 Å². The summed E-state index contributed by atoms with van der Waals surface area (Å²) in [5.74, 6) is 0.468. The van der Waals surface area contributed by atoms with Crippen molar-refractivity contribution in [3.63, 3.8) is 0 Å². The van der Waals surface area contributed by atoms with E-state index < -0.39 is 0 Å². The van der Waals surface area contributed by atoms with Gasteiger partial charge >= 0.3 is 6.01 Å². The zero-order valence-corrected chi connectivity index (χ0v) is 7.43. The third kappa shape index (κ3) is 1.50. The fourth-order valence-electron chi connectivity index (χ4n) is 1.20. The maximum atomic E-state index is 5.34. The molecular formula is C7H12N4O2. The van der Waals surface area contributed by atoms with E-state index in [0.29, 0.717) is 11.9 Å². The lowest BCUT2D eigenvalue weighted by molar-refractivity contribution is 0.0756. The molecule has 0 unspecified atom stereocenters. The Labute approximate surface area is 75.7 Å². The van der Waals surface area contributed by atoms with Crippen molar-refractivity contribution in [2.75, 3.05) is 25.1 Å². The second-order valence-corrected chi connectivity index (χ2v) is 2.95. The van der Waals surface area contributed by atoms with Gasteiger partial charge < -0.3 is 19.8 Å². The molecule has 1 aromatic heterocycles. The molecule has 2 heterocycles. The zero-order chi connectivity index (χ0) is 9.26. The first kappa shape index (κ1) is 8.46. The summed E-state index contributed by atoms with van der Waals surface area (Å²) in [6.07, 6.45) is 0.285. The Kier molecular flexibility index (Phi) is 2.15. The first-order chi connectivity index (χ1) is 6.33. The first-order valence-electron chi connectivity index (χ1n) is 4.13. The lowest BCUT2D eigenvalue weighted by Gasteiger charge is -2.36. The summed E-state index contributed by atoms with van der Waals surface area (Å²) in [5.41, 5.74) is 5.34. The fourth-order valence-corrected chi connectivity index (χ4v) is 1.20. The van der Waals surface area contributed by atoms with Crippen LogP contribution < -0.4 is 10.6 Å². The molecule has 13 heavy (non-hydrogen) atoms. The van der Waals surface area contributed by atoms with E-state index >= 15 is 0 Å². The minimum absolute atomic E-state index is 0.285. The van der Waals surface area contributed by atoms with Gasteiger partial charge in [-0.2, -0.15) is 0 Å². The van der Waals surface area contributed by atoms with E-state index in [1.54, 1.807) is 7.11 Å². The van der Waals surface area contributed by atoms with Crippen LogP contribution in [0.5, 0.6) is 0 Å². The van der Waals surface area contributed by atoms with E-state index in [0.717, 1.165) is 13.1 Å². The molecule has 0 amide bonds. The highest BCUT2D eigenvalue weighted by molar-refractivity contribution is 5.30. The van der Waals surface area contributed by atoms with Crippen molar-refractivity contribution in [3.8, 4) is 0 Å². The molecule has 1 aromatic rings. The highest BCUT2D eigenvalue weighted by atomic mass is 16.5. The number of methoxy groups -OCH3 is 1. The second-order valence-electron chi connectivity index (χ2n) is 2.95. The molecule has 0 radical (unpaired) electrons. The van der Waals surface area contributed by atoms with Gasteiger partial charge in [0.1, 0.15) is 0 Å². The number of hydrogen-bond donors (Lipinski definition) is 1. The predicted octanol–water partition coefficient (Wildman–Crippen LogP) is -0.637. The molecular weight excluding hydrogens is 172 g/mol. The minimum atomic E-state index is 0.285. The smallest absolute Gasteiger partial charge is 0.318 e. The van der Waals surface area contributed by atoms with Crippen LogP contribution in [0.4, 0.5) is 6.01 Å². The number of nitrogens with zero attached hydrogens (tertiary/aromatic N) is 3. The summed E-state index contributed by atoms with van der Waals surface area (Å²) in [6, 6.07) is 0.536. The van der Waals surface area contributed by atoms with Gasteiger partial charge in [-0.25, -0.2) is 0 Å². The van der Waals surface area contributed by atoms with Gasteiger partial charge in [0.2, 0.25) is 5.89 Å². The molecule has 0 bridgehead atoms. The van der Waals surface area contributed by atoms with Crippen LogP contribution in [0, 0.1) is 0 Å². The van der Waals surface area contributed by atoms with Crippen molar-refractivity contribution in [2.24, 2.45) is 5.73 Å². The number of ether oxygens (including phenoxy) is 1. The monoisotopic (exact) mass is 184 g/mol. The normalized spacial score (nSPS) is 17.5.